The summed E-state index contributed by atoms with van der Waals surface area (Å²) in [6.45, 7) is 5.12. The van der Waals surface area contributed by atoms with Crippen LogP contribution in [0.4, 0.5) is 10.6 Å². The van der Waals surface area contributed by atoms with Crippen LogP contribution in [0.3, 0.4) is 0 Å². The average molecular weight is 285 g/mol. The lowest BCUT2D eigenvalue weighted by Crippen LogP contribution is -2.28. The van der Waals surface area contributed by atoms with Crippen molar-refractivity contribution >= 4 is 29.6 Å². The number of thioether (sulfide) groups is 1. The molecule has 1 aromatic heterocycles. The van der Waals surface area contributed by atoms with E-state index in [1.807, 2.05) is 0 Å². The van der Waals surface area contributed by atoms with E-state index in [4.69, 9.17) is 9.84 Å². The SMILES string of the molecule is CSc1ncc(C(=O)O)c(NC(=O)OC(C)(C)C)n1. The van der Waals surface area contributed by atoms with Crippen molar-refractivity contribution < 1.29 is 19.4 Å². The maximum atomic E-state index is 11.6. The lowest BCUT2D eigenvalue weighted by atomic mass is 10.2. The zero-order valence-electron chi connectivity index (χ0n) is 11.1. The molecule has 0 saturated carbocycles. The summed E-state index contributed by atoms with van der Waals surface area (Å²) in [6.07, 6.45) is 2.13. The maximum Gasteiger partial charge on any atom is 0.413 e. The van der Waals surface area contributed by atoms with E-state index in [9.17, 15) is 9.59 Å². The van der Waals surface area contributed by atoms with Crippen LogP contribution in [0.2, 0.25) is 0 Å². The number of carbonyl (C=O) groups is 2. The van der Waals surface area contributed by atoms with Crippen LogP contribution < -0.4 is 5.32 Å². The Morgan fingerprint density at radius 3 is 2.53 bits per heavy atom. The zero-order valence-corrected chi connectivity index (χ0v) is 11.9. The average Bonchev–Trinajstić information content (AvgIpc) is 2.25. The van der Waals surface area contributed by atoms with E-state index in [2.05, 4.69) is 15.3 Å². The minimum Gasteiger partial charge on any atom is -0.477 e. The summed E-state index contributed by atoms with van der Waals surface area (Å²) in [7, 11) is 0. The van der Waals surface area contributed by atoms with Crippen LogP contribution in [0.25, 0.3) is 0 Å². The Morgan fingerprint density at radius 2 is 2.05 bits per heavy atom. The predicted molar refractivity (Wildman–Crippen MR) is 70.6 cm³/mol. The number of ether oxygens (including phenoxy) is 1. The number of aromatic carboxylic acids is 1. The summed E-state index contributed by atoms with van der Waals surface area (Å²) in [5, 5.41) is 11.7. The van der Waals surface area contributed by atoms with E-state index in [1.165, 1.54) is 11.8 Å². The molecule has 1 amide bonds. The van der Waals surface area contributed by atoms with Crippen LogP contribution in [0, 0.1) is 0 Å². The van der Waals surface area contributed by atoms with Gasteiger partial charge in [0.25, 0.3) is 0 Å². The molecule has 1 rings (SSSR count). The first kappa shape index (κ1) is 15.2. The van der Waals surface area contributed by atoms with Crippen molar-refractivity contribution in [2.75, 3.05) is 11.6 Å². The second-order valence-corrected chi connectivity index (χ2v) is 5.32. The number of hydrogen-bond acceptors (Lipinski definition) is 6. The normalized spacial score (nSPS) is 10.9. The minimum absolute atomic E-state index is 0.0823. The molecular weight excluding hydrogens is 270 g/mol. The van der Waals surface area contributed by atoms with Gasteiger partial charge in [-0.05, 0) is 27.0 Å². The third-order valence-corrected chi connectivity index (χ3v) is 2.36. The van der Waals surface area contributed by atoms with Crippen molar-refractivity contribution in [2.24, 2.45) is 0 Å². The molecule has 0 aliphatic heterocycles. The van der Waals surface area contributed by atoms with Crippen molar-refractivity contribution in [2.45, 2.75) is 31.5 Å². The summed E-state index contributed by atoms with van der Waals surface area (Å²) in [4.78, 5) is 30.4. The largest absolute Gasteiger partial charge is 0.477 e. The zero-order chi connectivity index (χ0) is 14.6. The molecule has 0 bridgehead atoms. The molecule has 0 aromatic carbocycles. The number of nitrogens with one attached hydrogen (secondary N) is 1. The number of amides is 1. The molecule has 0 atom stereocenters. The Hall–Kier alpha value is -1.83. The van der Waals surface area contributed by atoms with E-state index in [0.29, 0.717) is 5.16 Å². The first-order chi connectivity index (χ1) is 8.73. The number of carbonyl (C=O) groups excluding carboxylic acids is 1. The number of aromatic nitrogens is 2. The highest BCUT2D eigenvalue weighted by Gasteiger charge is 2.20. The van der Waals surface area contributed by atoms with Gasteiger partial charge >= 0.3 is 12.1 Å². The molecular formula is C11H15N3O4S. The lowest BCUT2D eigenvalue weighted by Gasteiger charge is -2.19. The van der Waals surface area contributed by atoms with Gasteiger partial charge in [-0.1, -0.05) is 11.8 Å². The van der Waals surface area contributed by atoms with Crippen molar-refractivity contribution in [3.8, 4) is 0 Å². The fourth-order valence-corrected chi connectivity index (χ4v) is 1.46. The predicted octanol–water partition coefficient (Wildman–Crippen LogP) is 2.24. The van der Waals surface area contributed by atoms with Gasteiger partial charge in [0.05, 0.1) is 0 Å². The van der Waals surface area contributed by atoms with Gasteiger partial charge < -0.3 is 9.84 Å². The Bertz CT molecular complexity index is 499. The molecule has 0 aliphatic carbocycles. The van der Waals surface area contributed by atoms with Gasteiger partial charge in [-0.25, -0.2) is 19.6 Å². The van der Waals surface area contributed by atoms with Crippen LogP contribution in [-0.4, -0.2) is 39.0 Å². The number of anilines is 1. The van der Waals surface area contributed by atoms with Crippen LogP contribution >= 0.6 is 11.8 Å². The standard InChI is InChI=1S/C11H15N3O4S/c1-11(2,3)18-10(17)14-7-6(8(15)16)5-12-9(13-7)19-4/h5H,1-4H3,(H,15,16)(H,12,13,14,17). The molecule has 0 aliphatic rings. The third kappa shape index (κ3) is 4.74. The molecule has 2 N–H and O–H groups in total. The van der Waals surface area contributed by atoms with Crippen molar-refractivity contribution in [1.82, 2.24) is 9.97 Å². The number of carboxylic acids is 1. The van der Waals surface area contributed by atoms with Crippen LogP contribution in [-0.2, 0) is 4.74 Å². The molecule has 104 valence electrons. The smallest absolute Gasteiger partial charge is 0.413 e. The summed E-state index contributed by atoms with van der Waals surface area (Å²) < 4.78 is 5.04. The molecule has 0 fully saturated rings. The minimum atomic E-state index is -1.22. The van der Waals surface area contributed by atoms with E-state index < -0.39 is 17.7 Å². The molecule has 0 saturated heterocycles. The highest BCUT2D eigenvalue weighted by atomic mass is 32.2. The van der Waals surface area contributed by atoms with Crippen LogP contribution in [0.1, 0.15) is 31.1 Å². The van der Waals surface area contributed by atoms with E-state index in [0.717, 1.165) is 6.20 Å². The molecule has 7 nitrogen and oxygen atoms in total. The quantitative estimate of drug-likeness (QED) is 0.648. The summed E-state index contributed by atoms with van der Waals surface area (Å²) in [5.74, 6) is -1.31. The monoisotopic (exact) mass is 285 g/mol. The van der Waals surface area contributed by atoms with Crippen molar-refractivity contribution in [1.29, 1.82) is 0 Å². The maximum absolute atomic E-state index is 11.6. The summed E-state index contributed by atoms with van der Waals surface area (Å²) in [5.41, 5.74) is -0.869. The topological polar surface area (TPSA) is 101 Å². The fraction of sp³-hybridized carbons (Fsp3) is 0.455. The second-order valence-electron chi connectivity index (χ2n) is 4.55. The molecule has 0 radical (unpaired) electrons. The lowest BCUT2D eigenvalue weighted by molar-refractivity contribution is 0.0635. The van der Waals surface area contributed by atoms with Gasteiger partial charge in [0.1, 0.15) is 11.2 Å². The van der Waals surface area contributed by atoms with Crippen LogP contribution in [0.5, 0.6) is 0 Å². The van der Waals surface area contributed by atoms with Crippen LogP contribution in [0.15, 0.2) is 11.4 Å². The number of nitrogens with zero attached hydrogens (tertiary/aromatic N) is 2. The summed E-state index contributed by atoms with van der Waals surface area (Å²) >= 11 is 1.24. The molecule has 1 heterocycles. The Balaban J connectivity index is 2.98. The van der Waals surface area contributed by atoms with Gasteiger partial charge in [0, 0.05) is 6.20 Å². The molecule has 0 unspecified atom stereocenters. The van der Waals surface area contributed by atoms with Gasteiger partial charge in [-0.15, -0.1) is 0 Å². The first-order valence-electron chi connectivity index (χ1n) is 5.37. The fourth-order valence-electron chi connectivity index (χ4n) is 1.12. The molecule has 19 heavy (non-hydrogen) atoms. The van der Waals surface area contributed by atoms with Gasteiger partial charge in [0.2, 0.25) is 0 Å². The second kappa shape index (κ2) is 5.87. The third-order valence-electron chi connectivity index (χ3n) is 1.80. The van der Waals surface area contributed by atoms with Gasteiger partial charge in [-0.2, -0.15) is 0 Å². The number of carboxylic acid groups (broad SMARTS) is 1. The first-order valence-corrected chi connectivity index (χ1v) is 6.59. The highest BCUT2D eigenvalue weighted by molar-refractivity contribution is 7.98. The van der Waals surface area contributed by atoms with E-state index in [-0.39, 0.29) is 11.4 Å². The molecule has 1 aromatic rings. The van der Waals surface area contributed by atoms with Crippen molar-refractivity contribution in [3.05, 3.63) is 11.8 Å². The van der Waals surface area contributed by atoms with Gasteiger partial charge in [0.15, 0.2) is 11.0 Å². The van der Waals surface area contributed by atoms with E-state index in [1.54, 1.807) is 27.0 Å². The molecule has 0 spiro atoms. The summed E-state index contributed by atoms with van der Waals surface area (Å²) in [6, 6.07) is 0. The van der Waals surface area contributed by atoms with E-state index >= 15 is 0 Å². The number of hydrogen-bond donors (Lipinski definition) is 2. The Kier molecular flexibility index (Phi) is 4.71. The number of rotatable bonds is 3. The molecule has 8 heteroatoms. The van der Waals surface area contributed by atoms with Gasteiger partial charge in [-0.3, -0.25) is 5.32 Å². The Labute approximate surface area is 114 Å². The highest BCUT2D eigenvalue weighted by Crippen LogP contribution is 2.17. The van der Waals surface area contributed by atoms with Crippen molar-refractivity contribution in [3.63, 3.8) is 0 Å². The Morgan fingerprint density at radius 1 is 1.42 bits per heavy atom.